The van der Waals surface area contributed by atoms with Gasteiger partial charge in [0.2, 0.25) is 5.95 Å². The van der Waals surface area contributed by atoms with Crippen LogP contribution < -0.4 is 4.90 Å². The Bertz CT molecular complexity index is 518. The second-order valence-corrected chi connectivity index (χ2v) is 7.07. The molecule has 1 fully saturated rings. The Morgan fingerprint density at radius 2 is 2.05 bits per heavy atom. The molecule has 0 radical (unpaired) electrons. The summed E-state index contributed by atoms with van der Waals surface area (Å²) in [5.74, 6) is 0.547. The highest BCUT2D eigenvalue weighted by molar-refractivity contribution is 9.10. The summed E-state index contributed by atoms with van der Waals surface area (Å²) in [6, 6.07) is -0.248. The van der Waals surface area contributed by atoms with Crippen LogP contribution >= 0.6 is 15.9 Å². The molecule has 1 aromatic heterocycles. The molecule has 1 amide bonds. The van der Waals surface area contributed by atoms with Crippen molar-refractivity contribution >= 4 is 28.0 Å². The summed E-state index contributed by atoms with van der Waals surface area (Å²) >= 11 is 3.30. The molecule has 1 N–H and O–H groups in total. The summed E-state index contributed by atoms with van der Waals surface area (Å²) in [6.07, 6.45) is 2.97. The highest BCUT2D eigenvalue weighted by Crippen LogP contribution is 2.19. The average Bonchev–Trinajstić information content (AvgIpc) is 2.45. The highest BCUT2D eigenvalue weighted by atomic mass is 79.9. The lowest BCUT2D eigenvalue weighted by Gasteiger charge is -2.40. The number of hydrogen-bond donors (Lipinski definition) is 1. The molecule has 22 heavy (non-hydrogen) atoms. The van der Waals surface area contributed by atoms with Crippen molar-refractivity contribution in [1.82, 2.24) is 14.9 Å². The minimum atomic E-state index is -0.530. The molecule has 2 heterocycles. The van der Waals surface area contributed by atoms with Crippen LogP contribution in [0.15, 0.2) is 16.9 Å². The van der Waals surface area contributed by atoms with E-state index < -0.39 is 5.60 Å². The average molecular weight is 373 g/mol. The first-order valence-corrected chi connectivity index (χ1v) is 7.92. The van der Waals surface area contributed by atoms with Gasteiger partial charge in [-0.1, -0.05) is 0 Å². The van der Waals surface area contributed by atoms with E-state index in [0.29, 0.717) is 25.6 Å². The van der Waals surface area contributed by atoms with Crippen molar-refractivity contribution in [1.29, 1.82) is 0 Å². The molecule has 7 nitrogen and oxygen atoms in total. The number of amides is 1. The number of carbonyl (C=O) groups is 1. The van der Waals surface area contributed by atoms with E-state index in [1.165, 1.54) is 0 Å². The van der Waals surface area contributed by atoms with Crippen molar-refractivity contribution in [3.8, 4) is 0 Å². The van der Waals surface area contributed by atoms with Gasteiger partial charge in [0.05, 0.1) is 17.1 Å². The lowest BCUT2D eigenvalue weighted by Crippen LogP contribution is -2.57. The van der Waals surface area contributed by atoms with Crippen molar-refractivity contribution in [2.45, 2.75) is 32.4 Å². The molecule has 2 rings (SSSR count). The van der Waals surface area contributed by atoms with Gasteiger partial charge in [0.15, 0.2) is 0 Å². The maximum atomic E-state index is 12.1. The second-order valence-electron chi connectivity index (χ2n) is 6.16. The quantitative estimate of drug-likeness (QED) is 0.850. The number of hydrogen-bond acceptors (Lipinski definition) is 6. The molecule has 1 aromatic rings. The largest absolute Gasteiger partial charge is 0.444 e. The number of ether oxygens (including phenoxy) is 1. The molecule has 1 saturated heterocycles. The maximum absolute atomic E-state index is 12.1. The molecule has 0 aliphatic carbocycles. The van der Waals surface area contributed by atoms with Crippen LogP contribution in [0, 0.1) is 0 Å². The van der Waals surface area contributed by atoms with Gasteiger partial charge in [-0.3, -0.25) is 0 Å². The highest BCUT2D eigenvalue weighted by Gasteiger charge is 2.32. The predicted octanol–water partition coefficient (Wildman–Crippen LogP) is 1.66. The monoisotopic (exact) mass is 372 g/mol. The number of nitrogens with zero attached hydrogens (tertiary/aromatic N) is 4. The van der Waals surface area contributed by atoms with E-state index in [2.05, 4.69) is 25.9 Å². The SMILES string of the molecule is CC(C)(C)OC(=O)N1CCN(c2ncc(Br)cn2)[C@H](CO)C1. The van der Waals surface area contributed by atoms with E-state index in [1.807, 2.05) is 25.7 Å². The third-order valence-corrected chi connectivity index (χ3v) is 3.62. The van der Waals surface area contributed by atoms with Gasteiger partial charge in [0, 0.05) is 32.0 Å². The summed E-state index contributed by atoms with van der Waals surface area (Å²) in [6.45, 7) is 6.85. The van der Waals surface area contributed by atoms with E-state index in [4.69, 9.17) is 4.74 Å². The Morgan fingerprint density at radius 3 is 2.59 bits per heavy atom. The Hall–Kier alpha value is -1.41. The molecule has 1 atom stereocenters. The van der Waals surface area contributed by atoms with E-state index >= 15 is 0 Å². The Morgan fingerprint density at radius 1 is 1.41 bits per heavy atom. The number of halogens is 1. The summed E-state index contributed by atoms with van der Waals surface area (Å²) in [5, 5.41) is 9.62. The molecular formula is C14H21BrN4O3. The Kier molecular flexibility index (Phi) is 5.23. The predicted molar refractivity (Wildman–Crippen MR) is 85.8 cm³/mol. The molecule has 122 valence electrons. The molecule has 1 aliphatic rings. The van der Waals surface area contributed by atoms with Crippen LogP contribution in [-0.2, 0) is 4.74 Å². The molecule has 0 unspecified atom stereocenters. The lowest BCUT2D eigenvalue weighted by atomic mass is 10.2. The summed E-state index contributed by atoms with van der Waals surface area (Å²) in [7, 11) is 0. The van der Waals surface area contributed by atoms with Crippen LogP contribution in [0.1, 0.15) is 20.8 Å². The van der Waals surface area contributed by atoms with Crippen LogP contribution in [-0.4, -0.2) is 64.0 Å². The third-order valence-electron chi connectivity index (χ3n) is 3.21. The fraction of sp³-hybridized carbons (Fsp3) is 0.643. The van der Waals surface area contributed by atoms with Gasteiger partial charge in [0.25, 0.3) is 0 Å². The van der Waals surface area contributed by atoms with Gasteiger partial charge in [-0.2, -0.15) is 0 Å². The van der Waals surface area contributed by atoms with Crippen LogP contribution in [0.3, 0.4) is 0 Å². The summed E-state index contributed by atoms with van der Waals surface area (Å²) in [5.41, 5.74) is -0.530. The van der Waals surface area contributed by atoms with Gasteiger partial charge in [-0.25, -0.2) is 14.8 Å². The van der Waals surface area contributed by atoms with Gasteiger partial charge in [-0.15, -0.1) is 0 Å². The summed E-state index contributed by atoms with van der Waals surface area (Å²) < 4.78 is 6.17. The fourth-order valence-corrected chi connectivity index (χ4v) is 2.43. The van der Waals surface area contributed by atoms with Crippen molar-refractivity contribution in [3.63, 3.8) is 0 Å². The zero-order valence-corrected chi connectivity index (χ0v) is 14.6. The smallest absolute Gasteiger partial charge is 0.410 e. The number of aromatic nitrogens is 2. The van der Waals surface area contributed by atoms with Gasteiger partial charge in [0.1, 0.15) is 5.60 Å². The standard InChI is InChI=1S/C14H21BrN4O3/c1-14(2,3)22-13(21)18-4-5-19(11(8-18)9-20)12-16-6-10(15)7-17-12/h6-7,11,20H,4-5,8-9H2,1-3H3/t11-/m0/s1. The van der Waals surface area contributed by atoms with Gasteiger partial charge < -0.3 is 19.6 Å². The van der Waals surface area contributed by atoms with E-state index in [-0.39, 0.29) is 18.7 Å². The van der Waals surface area contributed by atoms with Crippen molar-refractivity contribution < 1.29 is 14.6 Å². The van der Waals surface area contributed by atoms with Gasteiger partial charge >= 0.3 is 6.09 Å². The van der Waals surface area contributed by atoms with E-state index in [9.17, 15) is 9.90 Å². The van der Waals surface area contributed by atoms with Crippen molar-refractivity contribution in [2.24, 2.45) is 0 Å². The number of piperazine rings is 1. The zero-order chi connectivity index (χ0) is 16.3. The fourth-order valence-electron chi connectivity index (χ4n) is 2.22. The number of aliphatic hydroxyl groups is 1. The molecular weight excluding hydrogens is 352 g/mol. The normalized spacial score (nSPS) is 19.2. The van der Waals surface area contributed by atoms with Gasteiger partial charge in [-0.05, 0) is 36.7 Å². The Labute approximate surface area is 138 Å². The van der Waals surface area contributed by atoms with Crippen molar-refractivity contribution in [2.75, 3.05) is 31.1 Å². The van der Waals surface area contributed by atoms with Crippen LogP contribution in [0.2, 0.25) is 0 Å². The van der Waals surface area contributed by atoms with E-state index in [0.717, 1.165) is 4.47 Å². The molecule has 1 aliphatic heterocycles. The molecule has 0 spiro atoms. The summed E-state index contributed by atoms with van der Waals surface area (Å²) in [4.78, 5) is 24.2. The minimum Gasteiger partial charge on any atom is -0.444 e. The van der Waals surface area contributed by atoms with Crippen LogP contribution in [0.4, 0.5) is 10.7 Å². The number of aliphatic hydroxyl groups excluding tert-OH is 1. The number of rotatable bonds is 2. The van der Waals surface area contributed by atoms with Crippen LogP contribution in [0.5, 0.6) is 0 Å². The topological polar surface area (TPSA) is 78.8 Å². The maximum Gasteiger partial charge on any atom is 0.410 e. The molecule has 0 saturated carbocycles. The molecule has 0 aromatic carbocycles. The van der Waals surface area contributed by atoms with Crippen LogP contribution in [0.25, 0.3) is 0 Å². The van der Waals surface area contributed by atoms with E-state index in [1.54, 1.807) is 17.3 Å². The van der Waals surface area contributed by atoms with Crippen molar-refractivity contribution in [3.05, 3.63) is 16.9 Å². The second kappa shape index (κ2) is 6.78. The zero-order valence-electron chi connectivity index (χ0n) is 13.0. The Balaban J connectivity index is 2.05. The first-order chi connectivity index (χ1) is 10.3. The molecule has 8 heteroatoms. The third kappa shape index (κ3) is 4.30. The minimum absolute atomic E-state index is 0.0846. The molecule has 0 bridgehead atoms. The first-order valence-electron chi connectivity index (χ1n) is 7.13. The first kappa shape index (κ1) is 17.0. The number of anilines is 1. The number of carbonyl (C=O) groups excluding carboxylic acids is 1. The lowest BCUT2D eigenvalue weighted by molar-refractivity contribution is 0.0196.